The molecule has 22 heavy (non-hydrogen) atoms. The number of hydrogen-bond donors (Lipinski definition) is 1. The van der Waals surface area contributed by atoms with Gasteiger partial charge in [-0.25, -0.2) is 9.78 Å². The van der Waals surface area contributed by atoms with Crippen molar-refractivity contribution in [1.29, 1.82) is 0 Å². The van der Waals surface area contributed by atoms with Crippen molar-refractivity contribution in [2.45, 2.75) is 0 Å². The highest BCUT2D eigenvalue weighted by Crippen LogP contribution is 2.13. The predicted octanol–water partition coefficient (Wildman–Crippen LogP) is 0.691. The minimum Gasteiger partial charge on any atom is -0.322 e. The lowest BCUT2D eigenvalue weighted by Crippen LogP contribution is -2.53. The third-order valence-corrected chi connectivity index (χ3v) is 5.44. The molecule has 8 nitrogen and oxygen atoms in total. The van der Waals surface area contributed by atoms with Crippen LogP contribution in [-0.4, -0.2) is 73.2 Å². The number of pyridine rings is 1. The van der Waals surface area contributed by atoms with Crippen molar-refractivity contribution in [2.24, 2.45) is 0 Å². The van der Waals surface area contributed by atoms with E-state index in [9.17, 15) is 13.2 Å². The van der Waals surface area contributed by atoms with E-state index in [4.69, 9.17) is 11.6 Å². The van der Waals surface area contributed by atoms with Crippen molar-refractivity contribution in [3.05, 3.63) is 23.4 Å². The van der Waals surface area contributed by atoms with Crippen LogP contribution in [0.3, 0.4) is 0 Å². The Hall–Kier alpha value is -1.42. The normalized spacial score (nSPS) is 16.8. The zero-order valence-electron chi connectivity index (χ0n) is 12.4. The lowest BCUT2D eigenvalue weighted by atomic mass is 10.4. The second-order valence-corrected chi connectivity index (χ2v) is 7.55. The van der Waals surface area contributed by atoms with Gasteiger partial charge in [-0.15, -0.1) is 0 Å². The van der Waals surface area contributed by atoms with Crippen molar-refractivity contribution in [3.63, 3.8) is 0 Å². The van der Waals surface area contributed by atoms with Crippen LogP contribution in [-0.2, 0) is 10.2 Å². The molecule has 1 fully saturated rings. The van der Waals surface area contributed by atoms with Gasteiger partial charge in [-0.1, -0.05) is 11.6 Å². The number of halogens is 1. The molecular formula is C12H18ClN5O3S. The average Bonchev–Trinajstić information content (AvgIpc) is 2.49. The fourth-order valence-electron chi connectivity index (χ4n) is 1.99. The number of urea groups is 1. The summed E-state index contributed by atoms with van der Waals surface area (Å²) >= 11 is 5.73. The zero-order valence-corrected chi connectivity index (χ0v) is 13.9. The summed E-state index contributed by atoms with van der Waals surface area (Å²) in [6.07, 6.45) is 1.44. The summed E-state index contributed by atoms with van der Waals surface area (Å²) < 4.78 is 26.5. The number of anilines is 1. The number of hydrogen-bond acceptors (Lipinski definition) is 4. The number of carbonyl (C=O) groups excluding carboxylic acids is 1. The molecule has 1 aromatic heterocycles. The Morgan fingerprint density at radius 1 is 1.27 bits per heavy atom. The summed E-state index contributed by atoms with van der Waals surface area (Å²) in [5, 5.41) is 3.14. The van der Waals surface area contributed by atoms with Crippen molar-refractivity contribution < 1.29 is 13.2 Å². The molecule has 0 spiro atoms. The second kappa shape index (κ2) is 6.78. The van der Waals surface area contributed by atoms with Gasteiger partial charge >= 0.3 is 6.03 Å². The Morgan fingerprint density at radius 2 is 1.91 bits per heavy atom. The number of aromatic nitrogens is 1. The van der Waals surface area contributed by atoms with Crippen LogP contribution in [0.1, 0.15) is 0 Å². The molecule has 10 heteroatoms. The number of rotatable bonds is 3. The maximum atomic E-state index is 12.1. The van der Waals surface area contributed by atoms with Crippen molar-refractivity contribution >= 4 is 33.7 Å². The molecule has 2 heterocycles. The van der Waals surface area contributed by atoms with Crippen LogP contribution >= 0.6 is 11.6 Å². The van der Waals surface area contributed by atoms with Gasteiger partial charge in [0, 0.05) is 46.5 Å². The van der Waals surface area contributed by atoms with Gasteiger partial charge in [-0.3, -0.25) is 5.32 Å². The summed E-state index contributed by atoms with van der Waals surface area (Å²) in [6.45, 7) is 1.18. The molecule has 0 unspecified atom stereocenters. The van der Waals surface area contributed by atoms with Gasteiger partial charge in [0.2, 0.25) is 0 Å². The van der Waals surface area contributed by atoms with Crippen LogP contribution in [0.15, 0.2) is 18.3 Å². The van der Waals surface area contributed by atoms with E-state index >= 15 is 0 Å². The Bertz CT molecular complexity index is 627. The smallest absolute Gasteiger partial charge is 0.322 e. The molecule has 1 N–H and O–H groups in total. The molecule has 2 amide bonds. The third kappa shape index (κ3) is 3.86. The maximum Gasteiger partial charge on any atom is 0.323 e. The van der Waals surface area contributed by atoms with Gasteiger partial charge in [-0.05, 0) is 12.1 Å². The number of carbonyl (C=O) groups is 1. The van der Waals surface area contributed by atoms with Crippen molar-refractivity contribution in [3.8, 4) is 0 Å². The van der Waals surface area contributed by atoms with E-state index < -0.39 is 10.2 Å². The second-order valence-electron chi connectivity index (χ2n) is 4.97. The zero-order chi connectivity index (χ0) is 16.3. The van der Waals surface area contributed by atoms with E-state index in [1.807, 2.05) is 0 Å². The molecule has 2 rings (SSSR count). The Balaban J connectivity index is 1.91. The van der Waals surface area contributed by atoms with Gasteiger partial charge in [-0.2, -0.15) is 17.0 Å². The average molecular weight is 348 g/mol. The quantitative estimate of drug-likeness (QED) is 0.871. The lowest BCUT2D eigenvalue weighted by Gasteiger charge is -2.34. The SMILES string of the molecule is CN(C)S(=O)(=O)N1CCN(C(=O)Nc2ccc(Cl)cn2)CC1. The van der Waals surface area contributed by atoms with Gasteiger partial charge in [0.05, 0.1) is 5.02 Å². The number of piperazine rings is 1. The molecule has 1 aliphatic rings. The van der Waals surface area contributed by atoms with Crippen LogP contribution < -0.4 is 5.32 Å². The first kappa shape index (κ1) is 16.9. The van der Waals surface area contributed by atoms with Crippen LogP contribution in [0.25, 0.3) is 0 Å². The molecule has 1 saturated heterocycles. The highest BCUT2D eigenvalue weighted by atomic mass is 35.5. The predicted molar refractivity (Wildman–Crippen MR) is 84.0 cm³/mol. The van der Waals surface area contributed by atoms with Crippen molar-refractivity contribution in [1.82, 2.24) is 18.5 Å². The topological polar surface area (TPSA) is 85.9 Å². The molecule has 1 aromatic rings. The standard InChI is InChI=1S/C12H18ClN5O3S/c1-16(2)22(20,21)18-7-5-17(6-8-18)12(19)15-11-4-3-10(13)9-14-11/h3-4,9H,5-8H2,1-2H3,(H,14,15,19). The maximum absolute atomic E-state index is 12.1. The molecule has 122 valence electrons. The van der Waals surface area contributed by atoms with Gasteiger partial charge in [0.15, 0.2) is 0 Å². The monoisotopic (exact) mass is 347 g/mol. The molecule has 0 aliphatic carbocycles. The Labute approximate surface area is 134 Å². The first-order valence-electron chi connectivity index (χ1n) is 6.66. The van der Waals surface area contributed by atoms with E-state index in [1.165, 1.54) is 28.9 Å². The molecule has 0 aromatic carbocycles. The molecular weight excluding hydrogens is 330 g/mol. The Morgan fingerprint density at radius 3 is 2.41 bits per heavy atom. The van der Waals surface area contributed by atoms with Gasteiger partial charge < -0.3 is 4.90 Å². The van der Waals surface area contributed by atoms with Gasteiger partial charge in [0.1, 0.15) is 5.82 Å². The third-order valence-electron chi connectivity index (χ3n) is 3.28. The highest BCUT2D eigenvalue weighted by molar-refractivity contribution is 7.86. The number of nitrogens with zero attached hydrogens (tertiary/aromatic N) is 4. The summed E-state index contributed by atoms with van der Waals surface area (Å²) in [4.78, 5) is 17.6. The molecule has 0 bridgehead atoms. The van der Waals surface area contributed by atoms with Crippen LogP contribution in [0, 0.1) is 0 Å². The minimum absolute atomic E-state index is 0.266. The minimum atomic E-state index is -3.43. The summed E-state index contributed by atoms with van der Waals surface area (Å²) in [6, 6.07) is 2.93. The van der Waals surface area contributed by atoms with Gasteiger partial charge in [0.25, 0.3) is 10.2 Å². The van der Waals surface area contributed by atoms with Crippen LogP contribution in [0.2, 0.25) is 5.02 Å². The summed E-state index contributed by atoms with van der Waals surface area (Å²) in [5.74, 6) is 0.401. The summed E-state index contributed by atoms with van der Waals surface area (Å²) in [5.41, 5.74) is 0. The molecule has 1 aliphatic heterocycles. The molecule has 0 saturated carbocycles. The molecule has 0 radical (unpaired) electrons. The van der Waals surface area contributed by atoms with E-state index in [1.54, 1.807) is 17.0 Å². The Kier molecular flexibility index (Phi) is 5.22. The fourth-order valence-corrected chi connectivity index (χ4v) is 3.19. The van der Waals surface area contributed by atoms with E-state index in [2.05, 4.69) is 10.3 Å². The van der Waals surface area contributed by atoms with E-state index in [-0.39, 0.29) is 19.1 Å². The highest BCUT2D eigenvalue weighted by Gasteiger charge is 2.30. The number of amides is 2. The first-order valence-corrected chi connectivity index (χ1v) is 8.43. The first-order chi connectivity index (χ1) is 10.3. The van der Waals surface area contributed by atoms with E-state index in [0.29, 0.717) is 23.9 Å². The van der Waals surface area contributed by atoms with Crippen molar-refractivity contribution in [2.75, 3.05) is 45.6 Å². The van der Waals surface area contributed by atoms with Crippen LogP contribution in [0.5, 0.6) is 0 Å². The van der Waals surface area contributed by atoms with Crippen LogP contribution in [0.4, 0.5) is 10.6 Å². The largest absolute Gasteiger partial charge is 0.323 e. The lowest BCUT2D eigenvalue weighted by molar-refractivity contribution is 0.182. The number of nitrogens with one attached hydrogen (secondary N) is 1. The fraction of sp³-hybridized carbons (Fsp3) is 0.500. The molecule has 0 atom stereocenters. The summed E-state index contributed by atoms with van der Waals surface area (Å²) in [7, 11) is -0.458. The van der Waals surface area contributed by atoms with E-state index in [0.717, 1.165) is 0 Å².